The van der Waals surface area contributed by atoms with Crippen molar-refractivity contribution in [2.45, 2.75) is 38.8 Å². The largest absolute Gasteiger partial charge is 0.371 e. The number of piperidine rings is 2. The summed E-state index contributed by atoms with van der Waals surface area (Å²) in [6.07, 6.45) is 6.00. The predicted molar refractivity (Wildman–Crippen MR) is 87.6 cm³/mol. The molecule has 2 unspecified atom stereocenters. The van der Waals surface area contributed by atoms with Crippen LogP contribution in [0.3, 0.4) is 0 Å². The van der Waals surface area contributed by atoms with E-state index < -0.39 is 0 Å². The molecule has 2 saturated heterocycles. The molecule has 2 aliphatic rings. The number of pyridine rings is 1. The second-order valence-electron chi connectivity index (χ2n) is 6.47. The molecule has 0 aliphatic carbocycles. The second kappa shape index (κ2) is 6.75. The van der Waals surface area contributed by atoms with Crippen LogP contribution in [0.15, 0.2) is 18.3 Å². The number of rotatable bonds is 4. The Labute approximate surface area is 128 Å². The Kier molecular flexibility index (Phi) is 4.76. The molecule has 0 spiro atoms. The third-order valence-corrected chi connectivity index (χ3v) is 5.07. The van der Waals surface area contributed by atoms with E-state index in [1.165, 1.54) is 44.6 Å². The Hall–Kier alpha value is -1.13. The highest BCUT2D eigenvalue weighted by atomic mass is 15.2. The van der Waals surface area contributed by atoms with Crippen molar-refractivity contribution in [2.75, 3.05) is 38.1 Å². The third kappa shape index (κ3) is 3.38. The SMILES string of the molecule is CCNCc1cc(N2CCC3C(CCCN3C)C2)ccn1. The number of aromatic nitrogens is 1. The summed E-state index contributed by atoms with van der Waals surface area (Å²) in [5.41, 5.74) is 2.50. The average Bonchev–Trinajstić information content (AvgIpc) is 2.53. The predicted octanol–water partition coefficient (Wildman–Crippen LogP) is 2.11. The molecule has 3 heterocycles. The van der Waals surface area contributed by atoms with Crippen molar-refractivity contribution in [3.8, 4) is 0 Å². The molecular formula is C17H28N4. The normalized spacial score (nSPS) is 26.7. The molecule has 1 N–H and O–H groups in total. The zero-order valence-electron chi connectivity index (χ0n) is 13.4. The van der Waals surface area contributed by atoms with E-state index in [1.54, 1.807) is 0 Å². The van der Waals surface area contributed by atoms with E-state index in [0.717, 1.165) is 30.7 Å². The van der Waals surface area contributed by atoms with Gasteiger partial charge in [-0.25, -0.2) is 0 Å². The van der Waals surface area contributed by atoms with Gasteiger partial charge in [-0.2, -0.15) is 0 Å². The van der Waals surface area contributed by atoms with Crippen LogP contribution in [0.5, 0.6) is 0 Å². The third-order valence-electron chi connectivity index (χ3n) is 5.07. The molecule has 0 saturated carbocycles. The zero-order valence-corrected chi connectivity index (χ0v) is 13.4. The molecule has 2 fully saturated rings. The van der Waals surface area contributed by atoms with Crippen LogP contribution in [0, 0.1) is 5.92 Å². The van der Waals surface area contributed by atoms with Crippen LogP contribution in [-0.4, -0.2) is 49.2 Å². The monoisotopic (exact) mass is 288 g/mol. The van der Waals surface area contributed by atoms with Gasteiger partial charge >= 0.3 is 0 Å². The minimum Gasteiger partial charge on any atom is -0.371 e. The van der Waals surface area contributed by atoms with Crippen molar-refractivity contribution in [1.82, 2.24) is 15.2 Å². The molecule has 0 aromatic carbocycles. The van der Waals surface area contributed by atoms with Gasteiger partial charge in [-0.1, -0.05) is 6.92 Å². The minimum absolute atomic E-state index is 0.804. The van der Waals surface area contributed by atoms with Gasteiger partial charge in [-0.15, -0.1) is 0 Å². The summed E-state index contributed by atoms with van der Waals surface area (Å²) in [6, 6.07) is 5.23. The first-order valence-corrected chi connectivity index (χ1v) is 8.38. The molecule has 4 nitrogen and oxygen atoms in total. The fraction of sp³-hybridized carbons (Fsp3) is 0.706. The first kappa shape index (κ1) is 14.8. The van der Waals surface area contributed by atoms with Gasteiger partial charge in [0.1, 0.15) is 0 Å². The number of nitrogens with one attached hydrogen (secondary N) is 1. The standard InChI is InChI=1S/C17H28N4/c1-3-18-12-15-11-16(6-8-19-15)21-10-7-17-14(13-21)5-4-9-20(17)2/h6,8,11,14,17-18H,3-5,7,9-10,12-13H2,1-2H3. The number of fused-ring (bicyclic) bond motifs is 1. The van der Waals surface area contributed by atoms with Crippen molar-refractivity contribution in [1.29, 1.82) is 0 Å². The summed E-state index contributed by atoms with van der Waals surface area (Å²) in [6.45, 7) is 7.66. The van der Waals surface area contributed by atoms with Crippen LogP contribution in [0.4, 0.5) is 5.69 Å². The lowest BCUT2D eigenvalue weighted by molar-refractivity contribution is 0.102. The summed E-state index contributed by atoms with van der Waals surface area (Å²) in [4.78, 5) is 9.61. The Morgan fingerprint density at radius 2 is 2.24 bits per heavy atom. The van der Waals surface area contributed by atoms with Crippen molar-refractivity contribution in [2.24, 2.45) is 5.92 Å². The zero-order chi connectivity index (χ0) is 14.7. The van der Waals surface area contributed by atoms with E-state index in [2.05, 4.69) is 46.2 Å². The first-order chi connectivity index (χ1) is 10.3. The Morgan fingerprint density at radius 1 is 1.33 bits per heavy atom. The fourth-order valence-corrected chi connectivity index (χ4v) is 3.90. The number of hydrogen-bond donors (Lipinski definition) is 1. The molecule has 0 bridgehead atoms. The number of anilines is 1. The molecule has 3 rings (SSSR count). The number of hydrogen-bond acceptors (Lipinski definition) is 4. The molecule has 2 aliphatic heterocycles. The van der Waals surface area contributed by atoms with Gasteiger partial charge in [0.05, 0.1) is 5.69 Å². The topological polar surface area (TPSA) is 31.4 Å². The van der Waals surface area contributed by atoms with Gasteiger partial charge < -0.3 is 15.1 Å². The summed E-state index contributed by atoms with van der Waals surface area (Å²) in [5, 5.41) is 3.36. The van der Waals surface area contributed by atoms with Crippen molar-refractivity contribution in [3.05, 3.63) is 24.0 Å². The fourth-order valence-electron chi connectivity index (χ4n) is 3.90. The van der Waals surface area contributed by atoms with Gasteiger partial charge in [-0.05, 0) is 57.5 Å². The van der Waals surface area contributed by atoms with Crippen LogP contribution in [0.25, 0.3) is 0 Å². The van der Waals surface area contributed by atoms with Crippen molar-refractivity contribution < 1.29 is 0 Å². The smallest absolute Gasteiger partial charge is 0.0562 e. The molecule has 0 amide bonds. The highest BCUT2D eigenvalue weighted by Crippen LogP contribution is 2.31. The maximum Gasteiger partial charge on any atom is 0.0562 e. The van der Waals surface area contributed by atoms with Gasteiger partial charge in [0.15, 0.2) is 0 Å². The lowest BCUT2D eigenvalue weighted by Crippen LogP contribution is -2.52. The van der Waals surface area contributed by atoms with Crippen LogP contribution in [0.1, 0.15) is 31.9 Å². The summed E-state index contributed by atoms with van der Waals surface area (Å²) in [7, 11) is 2.30. The van der Waals surface area contributed by atoms with Crippen LogP contribution >= 0.6 is 0 Å². The van der Waals surface area contributed by atoms with Crippen LogP contribution < -0.4 is 10.2 Å². The molecule has 0 radical (unpaired) electrons. The Bertz CT molecular complexity index is 462. The maximum absolute atomic E-state index is 4.47. The van der Waals surface area contributed by atoms with E-state index in [4.69, 9.17) is 0 Å². The van der Waals surface area contributed by atoms with E-state index in [0.29, 0.717) is 0 Å². The second-order valence-corrected chi connectivity index (χ2v) is 6.47. The molecule has 21 heavy (non-hydrogen) atoms. The van der Waals surface area contributed by atoms with Gasteiger partial charge in [0.25, 0.3) is 0 Å². The van der Waals surface area contributed by atoms with Crippen molar-refractivity contribution in [3.63, 3.8) is 0 Å². The summed E-state index contributed by atoms with van der Waals surface area (Å²) in [5.74, 6) is 0.836. The Balaban J connectivity index is 1.67. The van der Waals surface area contributed by atoms with Gasteiger partial charge in [0, 0.05) is 37.6 Å². The van der Waals surface area contributed by atoms with E-state index in [-0.39, 0.29) is 0 Å². The summed E-state index contributed by atoms with van der Waals surface area (Å²) < 4.78 is 0. The Morgan fingerprint density at radius 3 is 3.10 bits per heavy atom. The molecule has 116 valence electrons. The minimum atomic E-state index is 0.804. The maximum atomic E-state index is 4.47. The molecular weight excluding hydrogens is 260 g/mol. The molecule has 2 atom stereocenters. The van der Waals surface area contributed by atoms with E-state index in [9.17, 15) is 0 Å². The molecule has 1 aromatic heterocycles. The highest BCUT2D eigenvalue weighted by molar-refractivity contribution is 5.47. The van der Waals surface area contributed by atoms with Gasteiger partial charge in [0.2, 0.25) is 0 Å². The first-order valence-electron chi connectivity index (χ1n) is 8.38. The van der Waals surface area contributed by atoms with E-state index in [1.807, 2.05) is 6.20 Å². The lowest BCUT2D eigenvalue weighted by atomic mass is 9.84. The van der Waals surface area contributed by atoms with Gasteiger partial charge in [-0.3, -0.25) is 4.98 Å². The lowest BCUT2D eigenvalue weighted by Gasteiger charge is -2.46. The highest BCUT2D eigenvalue weighted by Gasteiger charge is 2.34. The number of nitrogens with zero attached hydrogens (tertiary/aromatic N) is 3. The average molecular weight is 288 g/mol. The number of likely N-dealkylation sites (tertiary alicyclic amines) is 1. The quantitative estimate of drug-likeness (QED) is 0.919. The molecule has 4 heteroatoms. The van der Waals surface area contributed by atoms with E-state index >= 15 is 0 Å². The summed E-state index contributed by atoms with van der Waals surface area (Å²) >= 11 is 0. The van der Waals surface area contributed by atoms with Crippen LogP contribution in [-0.2, 0) is 6.54 Å². The van der Waals surface area contributed by atoms with Crippen LogP contribution in [0.2, 0.25) is 0 Å². The molecule has 1 aromatic rings. The van der Waals surface area contributed by atoms with Crippen molar-refractivity contribution >= 4 is 5.69 Å².